The molecule has 1 aromatic carbocycles. The molecule has 0 amide bonds. The number of unbranched alkanes of at least 4 members (excludes halogenated alkanes) is 1. The Hall–Kier alpha value is -1.02. The molecule has 0 radical (unpaired) electrons. The van der Waals surface area contributed by atoms with Gasteiger partial charge in [-0.25, -0.2) is 0 Å². The van der Waals surface area contributed by atoms with Crippen LogP contribution in [0.1, 0.15) is 49.0 Å². The van der Waals surface area contributed by atoms with Crippen molar-refractivity contribution < 1.29 is 9.84 Å². The van der Waals surface area contributed by atoms with Crippen LogP contribution in [-0.4, -0.2) is 12.2 Å². The zero-order valence-electron chi connectivity index (χ0n) is 10.7. The summed E-state index contributed by atoms with van der Waals surface area (Å²) in [7, 11) is 1.65. The Bertz CT molecular complexity index is 345. The summed E-state index contributed by atoms with van der Waals surface area (Å²) in [6.45, 7) is 6.25. The number of aliphatic hydroxyl groups is 1. The van der Waals surface area contributed by atoms with Crippen LogP contribution in [0.4, 0.5) is 0 Å². The minimum Gasteiger partial charge on any atom is -0.496 e. The van der Waals surface area contributed by atoms with Crippen LogP contribution in [0, 0.1) is 13.8 Å². The van der Waals surface area contributed by atoms with Crippen molar-refractivity contribution in [3.8, 4) is 5.75 Å². The molecule has 0 bridgehead atoms. The molecule has 0 saturated heterocycles. The molecule has 0 aliphatic rings. The Morgan fingerprint density at radius 3 is 2.44 bits per heavy atom. The monoisotopic (exact) mass is 222 g/mol. The third-order valence-electron chi connectivity index (χ3n) is 3.04. The quantitative estimate of drug-likeness (QED) is 0.825. The van der Waals surface area contributed by atoms with E-state index in [-0.39, 0.29) is 0 Å². The van der Waals surface area contributed by atoms with Crippen LogP contribution >= 0.6 is 0 Å². The van der Waals surface area contributed by atoms with Gasteiger partial charge in [0.2, 0.25) is 0 Å². The van der Waals surface area contributed by atoms with Gasteiger partial charge in [0, 0.05) is 5.56 Å². The number of hydrogen-bond donors (Lipinski definition) is 1. The Morgan fingerprint density at radius 2 is 1.88 bits per heavy atom. The molecule has 0 fully saturated rings. The summed E-state index contributed by atoms with van der Waals surface area (Å²) in [5.74, 6) is 0.798. The van der Waals surface area contributed by atoms with Crippen LogP contribution < -0.4 is 4.74 Å². The predicted octanol–water partition coefficient (Wildman–Crippen LogP) is 3.54. The average molecular weight is 222 g/mol. The molecule has 1 atom stereocenters. The lowest BCUT2D eigenvalue weighted by Crippen LogP contribution is -2.02. The third kappa shape index (κ3) is 2.99. The van der Waals surface area contributed by atoms with Crippen LogP contribution in [0.25, 0.3) is 0 Å². The van der Waals surface area contributed by atoms with E-state index in [1.807, 2.05) is 12.1 Å². The normalized spacial score (nSPS) is 12.6. The summed E-state index contributed by atoms with van der Waals surface area (Å²) in [5.41, 5.74) is 3.31. The first kappa shape index (κ1) is 13.0. The molecule has 2 nitrogen and oxygen atoms in total. The largest absolute Gasteiger partial charge is 0.496 e. The summed E-state index contributed by atoms with van der Waals surface area (Å²) < 4.78 is 5.32. The topological polar surface area (TPSA) is 29.5 Å². The van der Waals surface area contributed by atoms with E-state index in [9.17, 15) is 5.11 Å². The van der Waals surface area contributed by atoms with Gasteiger partial charge in [-0.2, -0.15) is 0 Å². The summed E-state index contributed by atoms with van der Waals surface area (Å²) in [5, 5.41) is 10.1. The van der Waals surface area contributed by atoms with E-state index in [1.54, 1.807) is 7.11 Å². The molecule has 0 aromatic heterocycles. The second-order valence-corrected chi connectivity index (χ2v) is 4.34. The number of aliphatic hydroxyl groups excluding tert-OH is 1. The van der Waals surface area contributed by atoms with E-state index in [0.717, 1.165) is 30.6 Å². The van der Waals surface area contributed by atoms with Crippen LogP contribution in [-0.2, 0) is 0 Å². The third-order valence-corrected chi connectivity index (χ3v) is 3.04. The fourth-order valence-electron chi connectivity index (χ4n) is 1.80. The summed E-state index contributed by atoms with van der Waals surface area (Å²) in [6.07, 6.45) is 2.53. The maximum Gasteiger partial charge on any atom is 0.124 e. The summed E-state index contributed by atoms with van der Waals surface area (Å²) in [6, 6.07) is 4.04. The highest BCUT2D eigenvalue weighted by molar-refractivity contribution is 5.42. The Balaban J connectivity index is 2.96. The number of aryl methyl sites for hydroxylation is 2. The number of rotatable bonds is 5. The van der Waals surface area contributed by atoms with Crippen LogP contribution in [0.2, 0.25) is 0 Å². The van der Waals surface area contributed by atoms with Crippen LogP contribution in [0.3, 0.4) is 0 Å². The lowest BCUT2D eigenvalue weighted by molar-refractivity contribution is 0.160. The van der Waals surface area contributed by atoms with Gasteiger partial charge in [-0.15, -0.1) is 0 Å². The zero-order chi connectivity index (χ0) is 12.1. The van der Waals surface area contributed by atoms with Crippen molar-refractivity contribution in [3.63, 3.8) is 0 Å². The van der Waals surface area contributed by atoms with Gasteiger partial charge in [-0.05, 0) is 43.5 Å². The fraction of sp³-hybridized carbons (Fsp3) is 0.571. The zero-order valence-corrected chi connectivity index (χ0v) is 10.7. The van der Waals surface area contributed by atoms with Gasteiger partial charge in [0.15, 0.2) is 0 Å². The van der Waals surface area contributed by atoms with E-state index in [4.69, 9.17) is 4.74 Å². The first-order valence-electron chi connectivity index (χ1n) is 5.93. The molecule has 0 saturated carbocycles. The number of methoxy groups -OCH3 is 1. The lowest BCUT2D eigenvalue weighted by Gasteiger charge is -2.16. The van der Waals surface area contributed by atoms with Gasteiger partial charge in [0.1, 0.15) is 5.75 Å². The van der Waals surface area contributed by atoms with Gasteiger partial charge in [0.25, 0.3) is 0 Å². The van der Waals surface area contributed by atoms with Crippen LogP contribution in [0.15, 0.2) is 12.1 Å². The highest BCUT2D eigenvalue weighted by atomic mass is 16.5. The highest BCUT2D eigenvalue weighted by Gasteiger charge is 2.14. The lowest BCUT2D eigenvalue weighted by atomic mass is 9.98. The minimum atomic E-state index is -0.408. The molecule has 2 heteroatoms. The maximum absolute atomic E-state index is 10.1. The van der Waals surface area contributed by atoms with Gasteiger partial charge in [0.05, 0.1) is 13.2 Å². The van der Waals surface area contributed by atoms with Crippen molar-refractivity contribution in [2.24, 2.45) is 0 Å². The van der Waals surface area contributed by atoms with Crippen molar-refractivity contribution in [2.45, 2.75) is 46.1 Å². The fourth-order valence-corrected chi connectivity index (χ4v) is 1.80. The van der Waals surface area contributed by atoms with Crippen LogP contribution in [0.5, 0.6) is 5.75 Å². The number of benzene rings is 1. The number of ether oxygens (including phenoxy) is 1. The minimum absolute atomic E-state index is 0.408. The molecule has 0 aliphatic heterocycles. The second-order valence-electron chi connectivity index (χ2n) is 4.34. The smallest absolute Gasteiger partial charge is 0.124 e. The molecule has 0 heterocycles. The van der Waals surface area contributed by atoms with Gasteiger partial charge in [-0.3, -0.25) is 0 Å². The van der Waals surface area contributed by atoms with Crippen molar-refractivity contribution in [1.82, 2.24) is 0 Å². The summed E-state index contributed by atoms with van der Waals surface area (Å²) in [4.78, 5) is 0. The Morgan fingerprint density at radius 1 is 1.25 bits per heavy atom. The van der Waals surface area contributed by atoms with Gasteiger partial charge < -0.3 is 9.84 Å². The Labute approximate surface area is 98.3 Å². The molecule has 0 aliphatic carbocycles. The molecule has 16 heavy (non-hydrogen) atoms. The molecule has 90 valence electrons. The van der Waals surface area contributed by atoms with E-state index in [2.05, 4.69) is 20.8 Å². The van der Waals surface area contributed by atoms with Gasteiger partial charge >= 0.3 is 0 Å². The SMILES string of the molecule is CCCCC(O)c1cc(C)c(C)cc1OC. The molecule has 1 N–H and O–H groups in total. The molecule has 1 unspecified atom stereocenters. The Kier molecular flexibility index (Phi) is 4.81. The van der Waals surface area contributed by atoms with E-state index in [0.29, 0.717) is 0 Å². The predicted molar refractivity (Wildman–Crippen MR) is 67.0 cm³/mol. The molecular weight excluding hydrogens is 200 g/mol. The van der Waals surface area contributed by atoms with Crippen molar-refractivity contribution in [3.05, 3.63) is 28.8 Å². The van der Waals surface area contributed by atoms with Crippen molar-refractivity contribution in [1.29, 1.82) is 0 Å². The van der Waals surface area contributed by atoms with E-state index in [1.165, 1.54) is 11.1 Å². The standard InChI is InChI=1S/C14H22O2/c1-5-6-7-13(15)12-8-10(2)11(3)9-14(12)16-4/h8-9,13,15H,5-7H2,1-4H3. The highest BCUT2D eigenvalue weighted by Crippen LogP contribution is 2.30. The first-order valence-corrected chi connectivity index (χ1v) is 5.93. The summed E-state index contributed by atoms with van der Waals surface area (Å²) >= 11 is 0. The van der Waals surface area contributed by atoms with E-state index >= 15 is 0 Å². The first-order chi connectivity index (χ1) is 7.60. The maximum atomic E-state index is 10.1. The average Bonchev–Trinajstić information content (AvgIpc) is 2.28. The van der Waals surface area contributed by atoms with Gasteiger partial charge in [-0.1, -0.05) is 19.8 Å². The van der Waals surface area contributed by atoms with Crippen molar-refractivity contribution >= 4 is 0 Å². The molecule has 1 rings (SSSR count). The molecule has 0 spiro atoms. The van der Waals surface area contributed by atoms with E-state index < -0.39 is 6.10 Å². The molecular formula is C14H22O2. The number of hydrogen-bond acceptors (Lipinski definition) is 2. The second kappa shape index (κ2) is 5.90. The molecule has 1 aromatic rings. The van der Waals surface area contributed by atoms with Crippen molar-refractivity contribution in [2.75, 3.05) is 7.11 Å².